The van der Waals surface area contributed by atoms with Crippen molar-refractivity contribution in [2.75, 3.05) is 59.5 Å². The number of likely N-dealkylation sites (tertiary alicyclic amines) is 1. The number of piperidine rings is 1. The Hall–Kier alpha value is -1.92. The number of rotatable bonds is 8. The van der Waals surface area contributed by atoms with Crippen molar-refractivity contribution < 1.29 is 14.3 Å². The van der Waals surface area contributed by atoms with Gasteiger partial charge >= 0.3 is 0 Å². The summed E-state index contributed by atoms with van der Waals surface area (Å²) in [5.41, 5.74) is 1.62. The van der Waals surface area contributed by atoms with Crippen molar-refractivity contribution >= 4 is 11.7 Å². The first-order valence-corrected chi connectivity index (χ1v) is 11.4. The highest BCUT2D eigenvalue weighted by molar-refractivity contribution is 5.98. The van der Waals surface area contributed by atoms with Gasteiger partial charge in [0.1, 0.15) is 5.75 Å². The number of aryl methyl sites for hydroxylation is 1. The van der Waals surface area contributed by atoms with Gasteiger partial charge < -0.3 is 19.4 Å². The van der Waals surface area contributed by atoms with Crippen LogP contribution in [0.5, 0.6) is 5.75 Å². The van der Waals surface area contributed by atoms with Crippen molar-refractivity contribution in [1.82, 2.24) is 14.7 Å². The molecule has 0 aromatic heterocycles. The van der Waals surface area contributed by atoms with Crippen molar-refractivity contribution in [3.63, 3.8) is 0 Å². The van der Waals surface area contributed by atoms with E-state index >= 15 is 0 Å². The maximum atomic E-state index is 12.8. The molecule has 2 heterocycles. The number of hydrogen-bond donors (Lipinski definition) is 0. The van der Waals surface area contributed by atoms with Crippen molar-refractivity contribution in [2.24, 2.45) is 5.92 Å². The van der Waals surface area contributed by atoms with Crippen molar-refractivity contribution in [1.29, 1.82) is 0 Å². The molecule has 0 N–H and O–H groups in total. The molecular weight excluding hydrogens is 378 g/mol. The molecule has 6 heteroatoms. The van der Waals surface area contributed by atoms with Gasteiger partial charge in [0.2, 0.25) is 5.91 Å². The number of piperazine rings is 1. The fourth-order valence-corrected chi connectivity index (χ4v) is 4.50. The van der Waals surface area contributed by atoms with Crippen LogP contribution in [-0.4, -0.2) is 85.9 Å². The Kier molecular flexibility index (Phi) is 8.28. The zero-order chi connectivity index (χ0) is 21.5. The molecule has 0 spiro atoms. The van der Waals surface area contributed by atoms with Crippen LogP contribution in [-0.2, 0) is 4.79 Å². The standard InChI is InChI=1S/C24H37N3O3/c1-4-30-23-9-7-21(16-19(23)2)22(28)8-10-24(29)27-11-5-6-20(18-27)17-26-14-12-25(3)13-15-26/h7,9,16,20H,4-6,8,10-15,17-18H2,1-3H3. The van der Waals surface area contributed by atoms with Gasteiger partial charge in [-0.05, 0) is 63.4 Å². The largest absolute Gasteiger partial charge is 0.494 e. The number of carbonyl (C=O) groups is 2. The third-order valence-corrected chi connectivity index (χ3v) is 6.35. The fourth-order valence-electron chi connectivity index (χ4n) is 4.50. The first kappa shape index (κ1) is 22.8. The predicted molar refractivity (Wildman–Crippen MR) is 119 cm³/mol. The van der Waals surface area contributed by atoms with E-state index in [2.05, 4.69) is 16.8 Å². The Balaban J connectivity index is 1.46. The van der Waals surface area contributed by atoms with Crippen LogP contribution in [0.25, 0.3) is 0 Å². The van der Waals surface area contributed by atoms with Crippen LogP contribution in [0.3, 0.4) is 0 Å². The van der Waals surface area contributed by atoms with E-state index in [-0.39, 0.29) is 18.1 Å². The van der Waals surface area contributed by atoms with E-state index in [1.807, 2.05) is 30.9 Å². The maximum Gasteiger partial charge on any atom is 0.223 e. The molecule has 30 heavy (non-hydrogen) atoms. The molecule has 6 nitrogen and oxygen atoms in total. The first-order chi connectivity index (χ1) is 14.5. The molecule has 1 amide bonds. The SMILES string of the molecule is CCOc1ccc(C(=O)CCC(=O)N2CCCC(CN3CCN(C)CC3)C2)cc1C. The molecule has 0 aliphatic carbocycles. The number of carbonyl (C=O) groups excluding carboxylic acids is 2. The highest BCUT2D eigenvalue weighted by atomic mass is 16.5. The average Bonchev–Trinajstić information content (AvgIpc) is 2.75. The van der Waals surface area contributed by atoms with E-state index in [1.54, 1.807) is 6.07 Å². The van der Waals surface area contributed by atoms with Crippen molar-refractivity contribution in [3.8, 4) is 5.75 Å². The Labute approximate surface area is 181 Å². The summed E-state index contributed by atoms with van der Waals surface area (Å²) in [6.07, 6.45) is 2.83. The molecule has 1 aromatic rings. The Morgan fingerprint density at radius 2 is 1.87 bits per heavy atom. The summed E-state index contributed by atoms with van der Waals surface area (Å²) >= 11 is 0. The van der Waals surface area contributed by atoms with Crippen LogP contribution in [0.2, 0.25) is 0 Å². The summed E-state index contributed by atoms with van der Waals surface area (Å²) in [6.45, 7) is 11.7. The lowest BCUT2D eigenvalue weighted by atomic mass is 9.96. The lowest BCUT2D eigenvalue weighted by molar-refractivity contribution is -0.133. The highest BCUT2D eigenvalue weighted by Crippen LogP contribution is 2.22. The molecule has 3 rings (SSSR count). The fraction of sp³-hybridized carbons (Fsp3) is 0.667. The van der Waals surface area contributed by atoms with E-state index in [9.17, 15) is 9.59 Å². The van der Waals surface area contributed by atoms with Gasteiger partial charge in [-0.2, -0.15) is 0 Å². The summed E-state index contributed by atoms with van der Waals surface area (Å²) in [6, 6.07) is 5.52. The van der Waals surface area contributed by atoms with Gasteiger partial charge in [0.05, 0.1) is 6.61 Å². The van der Waals surface area contributed by atoms with Crippen LogP contribution >= 0.6 is 0 Å². The zero-order valence-electron chi connectivity index (χ0n) is 18.9. The molecule has 0 radical (unpaired) electrons. The first-order valence-electron chi connectivity index (χ1n) is 11.4. The number of amides is 1. The summed E-state index contributed by atoms with van der Waals surface area (Å²) in [4.78, 5) is 32.2. The summed E-state index contributed by atoms with van der Waals surface area (Å²) in [5.74, 6) is 1.51. The maximum absolute atomic E-state index is 12.8. The van der Waals surface area contributed by atoms with Crippen LogP contribution in [0.4, 0.5) is 0 Å². The van der Waals surface area contributed by atoms with Gasteiger partial charge in [0, 0.05) is 64.2 Å². The molecule has 166 valence electrons. The second-order valence-corrected chi connectivity index (χ2v) is 8.79. The molecule has 0 bridgehead atoms. The second-order valence-electron chi connectivity index (χ2n) is 8.79. The molecule has 2 fully saturated rings. The zero-order valence-corrected chi connectivity index (χ0v) is 18.9. The van der Waals surface area contributed by atoms with Crippen molar-refractivity contribution in [2.45, 2.75) is 39.5 Å². The Bertz CT molecular complexity index is 728. The smallest absolute Gasteiger partial charge is 0.223 e. The van der Waals surface area contributed by atoms with Gasteiger partial charge in [-0.15, -0.1) is 0 Å². The van der Waals surface area contributed by atoms with Crippen LogP contribution in [0.1, 0.15) is 48.5 Å². The molecule has 1 unspecified atom stereocenters. The summed E-state index contributed by atoms with van der Waals surface area (Å²) in [7, 11) is 2.17. The number of benzene rings is 1. The van der Waals surface area contributed by atoms with Crippen molar-refractivity contribution in [3.05, 3.63) is 29.3 Å². The summed E-state index contributed by atoms with van der Waals surface area (Å²) in [5, 5.41) is 0. The quantitative estimate of drug-likeness (QED) is 0.611. The highest BCUT2D eigenvalue weighted by Gasteiger charge is 2.26. The van der Waals surface area contributed by atoms with Gasteiger partial charge in [0.15, 0.2) is 5.78 Å². The molecule has 0 saturated carbocycles. The predicted octanol–water partition coefficient (Wildman–Crippen LogP) is 2.84. The minimum absolute atomic E-state index is 0.0282. The minimum Gasteiger partial charge on any atom is -0.494 e. The van der Waals surface area contributed by atoms with Crippen LogP contribution in [0.15, 0.2) is 18.2 Å². The number of hydrogen-bond acceptors (Lipinski definition) is 5. The van der Waals surface area contributed by atoms with Gasteiger partial charge in [0.25, 0.3) is 0 Å². The van der Waals surface area contributed by atoms with Gasteiger partial charge in [-0.3, -0.25) is 9.59 Å². The topological polar surface area (TPSA) is 53.1 Å². The Morgan fingerprint density at radius 3 is 2.57 bits per heavy atom. The normalized spacial score (nSPS) is 20.9. The summed E-state index contributed by atoms with van der Waals surface area (Å²) < 4.78 is 5.54. The number of ketones is 1. The number of Topliss-reactive ketones (excluding diaryl/α,β-unsaturated/α-hetero) is 1. The lowest BCUT2D eigenvalue weighted by Gasteiger charge is -2.38. The van der Waals surface area contributed by atoms with E-state index < -0.39 is 0 Å². The molecule has 2 aliphatic rings. The number of nitrogens with zero attached hydrogens (tertiary/aromatic N) is 3. The van der Waals surface area contributed by atoms with E-state index in [0.717, 1.165) is 63.5 Å². The minimum atomic E-state index is 0.0282. The van der Waals surface area contributed by atoms with Gasteiger partial charge in [-0.25, -0.2) is 0 Å². The molecule has 1 aromatic carbocycles. The molecule has 1 atom stereocenters. The Morgan fingerprint density at radius 1 is 1.10 bits per heavy atom. The number of ether oxygens (including phenoxy) is 1. The third-order valence-electron chi connectivity index (χ3n) is 6.35. The number of likely N-dealkylation sites (N-methyl/N-ethyl adjacent to an activating group) is 1. The van der Waals surface area contributed by atoms with Crippen LogP contribution in [0, 0.1) is 12.8 Å². The second kappa shape index (κ2) is 10.9. The third kappa shape index (κ3) is 6.29. The molecular formula is C24H37N3O3. The lowest BCUT2D eigenvalue weighted by Crippen LogP contribution is -2.49. The van der Waals surface area contributed by atoms with E-state index in [4.69, 9.17) is 4.74 Å². The van der Waals surface area contributed by atoms with E-state index in [0.29, 0.717) is 24.5 Å². The van der Waals surface area contributed by atoms with Gasteiger partial charge in [-0.1, -0.05) is 0 Å². The average molecular weight is 416 g/mol. The van der Waals surface area contributed by atoms with E-state index in [1.165, 1.54) is 6.42 Å². The van der Waals surface area contributed by atoms with Crippen LogP contribution < -0.4 is 4.74 Å². The molecule has 2 aliphatic heterocycles. The molecule has 2 saturated heterocycles. The monoisotopic (exact) mass is 415 g/mol.